The van der Waals surface area contributed by atoms with E-state index in [4.69, 9.17) is 5.02 Å². The fraction of sp³-hybridized carbons (Fsp3) is 0.786. The third kappa shape index (κ3) is 11.1. The van der Waals surface area contributed by atoms with Gasteiger partial charge in [0.25, 0.3) is 0 Å². The lowest BCUT2D eigenvalue weighted by atomic mass is 9.74. The highest BCUT2D eigenvalue weighted by Crippen LogP contribution is 2.35. The van der Waals surface area contributed by atoms with Crippen molar-refractivity contribution in [3.05, 3.63) is 23.5 Å². The summed E-state index contributed by atoms with van der Waals surface area (Å²) in [6, 6.07) is 1.83. The van der Waals surface area contributed by atoms with Crippen LogP contribution in [0.4, 0.5) is 0 Å². The summed E-state index contributed by atoms with van der Waals surface area (Å²) < 4.78 is 0. The molecule has 0 aliphatic heterocycles. The Kier molecular flexibility index (Phi) is 15.9. The molecule has 0 amide bonds. The van der Waals surface area contributed by atoms with Gasteiger partial charge in [-0.3, -0.25) is 9.78 Å². The normalized spacial score (nSPS) is 17.5. The zero-order valence-corrected chi connectivity index (χ0v) is 22.6. The van der Waals surface area contributed by atoms with Crippen molar-refractivity contribution in [2.75, 3.05) is 0 Å². The van der Waals surface area contributed by atoms with Gasteiger partial charge in [0.05, 0.1) is 11.1 Å². The van der Waals surface area contributed by atoms with E-state index >= 15 is 0 Å². The highest BCUT2D eigenvalue weighted by Gasteiger charge is 2.34. The van der Waals surface area contributed by atoms with E-state index in [1.165, 1.54) is 57.8 Å². The molecule has 2 rings (SSSR count). The summed E-state index contributed by atoms with van der Waals surface area (Å²) in [5, 5.41) is 8.92. The van der Waals surface area contributed by atoms with E-state index in [9.17, 15) is 4.79 Å². The first-order chi connectivity index (χ1) is 15.0. The minimum absolute atomic E-state index is 0.0183. The van der Waals surface area contributed by atoms with Crippen molar-refractivity contribution in [2.24, 2.45) is 17.8 Å². The van der Waals surface area contributed by atoms with E-state index in [0.29, 0.717) is 5.46 Å². The molecule has 183 valence electrons. The van der Waals surface area contributed by atoms with Crippen LogP contribution in [-0.2, 0) is 10.2 Å². The van der Waals surface area contributed by atoms with Crippen LogP contribution < -0.4 is 5.46 Å². The average molecular weight is 445 g/mol. The van der Waals surface area contributed by atoms with Gasteiger partial charge in [0.1, 0.15) is 5.78 Å². The number of carbonyl (C=O) groups is 1. The van der Waals surface area contributed by atoms with E-state index in [2.05, 4.69) is 32.7 Å². The maximum atomic E-state index is 12.2. The molecule has 1 fully saturated rings. The van der Waals surface area contributed by atoms with Gasteiger partial charge in [0.15, 0.2) is 0 Å². The topological polar surface area (TPSA) is 50.2 Å². The van der Waals surface area contributed by atoms with Gasteiger partial charge >= 0.3 is 7.48 Å². The number of aryl methyl sites for hydroxylation is 1. The number of Topliss-reactive ketones (excluding diaryl/α,β-unsaturated/α-hetero) is 1. The van der Waals surface area contributed by atoms with Crippen molar-refractivity contribution in [3.63, 3.8) is 0 Å². The molecule has 1 aromatic heterocycles. The molecule has 0 aromatic carbocycles. The van der Waals surface area contributed by atoms with Crippen molar-refractivity contribution in [2.45, 2.75) is 126 Å². The molecule has 1 heterocycles. The lowest BCUT2D eigenvalue weighted by Gasteiger charge is -2.32. The van der Waals surface area contributed by atoms with Gasteiger partial charge < -0.3 is 5.02 Å². The van der Waals surface area contributed by atoms with Gasteiger partial charge in [-0.15, -0.1) is 0 Å². The monoisotopic (exact) mass is 444 g/mol. The second kappa shape index (κ2) is 16.5. The highest BCUT2D eigenvalue weighted by atomic mass is 16.2. The Bertz CT molecular complexity index is 630. The molecule has 0 bridgehead atoms. The summed E-state index contributed by atoms with van der Waals surface area (Å²) >= 11 is 0. The third-order valence-corrected chi connectivity index (χ3v) is 6.36. The number of nitrogens with zero attached hydrogens (tertiary/aromatic N) is 1. The quantitative estimate of drug-likeness (QED) is 0.314. The lowest BCUT2D eigenvalue weighted by Crippen LogP contribution is -2.35. The molecule has 0 atom stereocenters. The largest absolute Gasteiger partial charge is 0.450 e. The van der Waals surface area contributed by atoms with E-state index in [1.807, 2.05) is 40.7 Å². The Morgan fingerprint density at radius 3 is 2.06 bits per heavy atom. The summed E-state index contributed by atoms with van der Waals surface area (Å²) in [7, 11) is 1.01. The highest BCUT2D eigenvalue weighted by molar-refractivity contribution is 6.45. The van der Waals surface area contributed by atoms with Gasteiger partial charge in [-0.05, 0) is 56.5 Å². The Labute approximate surface area is 200 Å². The Morgan fingerprint density at radius 1 is 1.12 bits per heavy atom. The van der Waals surface area contributed by atoms with Crippen molar-refractivity contribution < 1.29 is 9.82 Å². The second-order valence-electron chi connectivity index (χ2n) is 10.5. The number of ketones is 1. The second-order valence-corrected chi connectivity index (χ2v) is 10.5. The minimum Gasteiger partial charge on any atom is -0.450 e. The smallest absolute Gasteiger partial charge is 0.328 e. The molecule has 3 nitrogen and oxygen atoms in total. The molecule has 1 aliphatic rings. The molecule has 1 saturated carbocycles. The summed E-state index contributed by atoms with van der Waals surface area (Å²) in [6.07, 6.45) is 14.5. The molecule has 32 heavy (non-hydrogen) atoms. The Hall–Kier alpha value is -1.16. The summed E-state index contributed by atoms with van der Waals surface area (Å²) in [5.41, 5.74) is 1.76. The molecule has 0 saturated heterocycles. The number of hydrogen-bond donors (Lipinski definition) is 1. The Balaban J connectivity index is 0.000000529. The van der Waals surface area contributed by atoms with E-state index in [0.717, 1.165) is 30.6 Å². The fourth-order valence-electron chi connectivity index (χ4n) is 4.55. The SMILES string of the molecule is CCCC1CC(C)C1.CCCCCCC.Cc1cc([B]O)cnc1C(C)(C)C(=O)C(C)C. The average Bonchev–Trinajstić information content (AvgIpc) is 2.73. The van der Waals surface area contributed by atoms with E-state index in [1.54, 1.807) is 6.20 Å². The van der Waals surface area contributed by atoms with Crippen LogP contribution in [0.5, 0.6) is 0 Å². The van der Waals surface area contributed by atoms with Crippen molar-refractivity contribution >= 4 is 18.7 Å². The number of carbonyl (C=O) groups excluding carboxylic acids is 1. The van der Waals surface area contributed by atoms with Crippen molar-refractivity contribution in [3.8, 4) is 0 Å². The number of aromatic nitrogens is 1. The predicted octanol–water partition coefficient (Wildman–Crippen LogP) is 6.94. The standard InChI is InChI=1S/C13H19BNO2.C8H16.C7H16/c1-8(2)12(16)13(4,5)11-9(3)6-10(14-17)7-15-11;1-3-4-8-5-7(2)6-8;1-3-5-7-6-4-2/h6-8,17H,1-5H3;7-8H,3-6H2,1-2H3;3-7H2,1-2H3. The summed E-state index contributed by atoms with van der Waals surface area (Å²) in [6.45, 7) is 18.6. The van der Waals surface area contributed by atoms with Crippen molar-refractivity contribution in [1.29, 1.82) is 0 Å². The fourth-order valence-corrected chi connectivity index (χ4v) is 4.55. The van der Waals surface area contributed by atoms with E-state index < -0.39 is 5.41 Å². The molecule has 0 spiro atoms. The lowest BCUT2D eigenvalue weighted by molar-refractivity contribution is -0.126. The van der Waals surface area contributed by atoms with Crippen LogP contribution in [0.15, 0.2) is 12.3 Å². The molecule has 0 unspecified atom stereocenters. The number of hydrogen-bond acceptors (Lipinski definition) is 3. The van der Waals surface area contributed by atoms with Gasteiger partial charge in [-0.1, -0.05) is 92.6 Å². The van der Waals surface area contributed by atoms with Crippen LogP contribution in [0.25, 0.3) is 0 Å². The van der Waals surface area contributed by atoms with E-state index in [-0.39, 0.29) is 11.7 Å². The molecule has 1 aliphatic carbocycles. The van der Waals surface area contributed by atoms with Crippen LogP contribution in [-0.4, -0.2) is 23.3 Å². The zero-order chi connectivity index (χ0) is 24.7. The number of rotatable bonds is 10. The molecule has 1 N–H and O–H groups in total. The van der Waals surface area contributed by atoms with Crippen molar-refractivity contribution in [1.82, 2.24) is 4.98 Å². The summed E-state index contributed by atoms with van der Waals surface area (Å²) in [5.74, 6) is 2.31. The van der Waals surface area contributed by atoms with Gasteiger partial charge in [-0.25, -0.2) is 0 Å². The molecule has 1 radical (unpaired) electrons. The molecule has 4 heteroatoms. The molecular formula is C28H51BNO2. The van der Waals surface area contributed by atoms with Crippen LogP contribution in [0.1, 0.15) is 124 Å². The summed E-state index contributed by atoms with van der Waals surface area (Å²) in [4.78, 5) is 16.5. The molecule has 1 aromatic rings. The van der Waals surface area contributed by atoms with Crippen LogP contribution in [0.3, 0.4) is 0 Å². The predicted molar refractivity (Wildman–Crippen MR) is 141 cm³/mol. The first-order valence-corrected chi connectivity index (χ1v) is 13.0. The minimum atomic E-state index is -0.591. The molecular weight excluding hydrogens is 393 g/mol. The Morgan fingerprint density at radius 2 is 1.69 bits per heavy atom. The maximum Gasteiger partial charge on any atom is 0.328 e. The maximum absolute atomic E-state index is 12.2. The first kappa shape index (κ1) is 30.8. The third-order valence-electron chi connectivity index (χ3n) is 6.36. The van der Waals surface area contributed by atoms with Crippen LogP contribution in [0, 0.1) is 24.7 Å². The van der Waals surface area contributed by atoms with Gasteiger partial charge in [0, 0.05) is 12.1 Å². The zero-order valence-electron chi connectivity index (χ0n) is 22.6. The van der Waals surface area contributed by atoms with Gasteiger partial charge in [-0.2, -0.15) is 0 Å². The van der Waals surface area contributed by atoms with Crippen LogP contribution in [0.2, 0.25) is 0 Å². The first-order valence-electron chi connectivity index (χ1n) is 13.0. The number of pyridine rings is 1. The number of unbranched alkanes of at least 4 members (excludes halogenated alkanes) is 4. The van der Waals surface area contributed by atoms with Crippen LogP contribution >= 0.6 is 0 Å². The van der Waals surface area contributed by atoms with Gasteiger partial charge in [0.2, 0.25) is 0 Å².